The lowest BCUT2D eigenvalue weighted by atomic mass is 10.2. The minimum Gasteiger partial charge on any atom is -0.504 e. The van der Waals surface area contributed by atoms with Gasteiger partial charge in [0.25, 0.3) is 5.89 Å². The van der Waals surface area contributed by atoms with Crippen LogP contribution in [0.5, 0.6) is 11.5 Å². The van der Waals surface area contributed by atoms with Crippen molar-refractivity contribution < 1.29 is 14.4 Å². The zero-order valence-corrected chi connectivity index (χ0v) is 10.5. The Morgan fingerprint density at radius 2 is 1.90 bits per heavy atom. The van der Waals surface area contributed by atoms with Gasteiger partial charge in [-0.05, 0) is 18.2 Å². The number of phenolic OH excluding ortho intramolecular Hbond substituents is 1. The molecule has 7 nitrogen and oxygen atoms in total. The van der Waals surface area contributed by atoms with Gasteiger partial charge in [-0.1, -0.05) is 11.2 Å². The highest BCUT2D eigenvalue weighted by atomic mass is 16.5. The molecule has 0 amide bonds. The molecule has 20 heavy (non-hydrogen) atoms. The predicted octanol–water partition coefficient (Wildman–Crippen LogP) is 1.91. The first-order valence-electron chi connectivity index (χ1n) is 5.77. The van der Waals surface area contributed by atoms with Gasteiger partial charge in [0.1, 0.15) is 0 Å². The van der Waals surface area contributed by atoms with E-state index >= 15 is 0 Å². The summed E-state index contributed by atoms with van der Waals surface area (Å²) in [7, 11) is 1.47. The molecule has 1 aromatic carbocycles. The van der Waals surface area contributed by atoms with Crippen molar-refractivity contribution in [2.24, 2.45) is 0 Å². The fourth-order valence-corrected chi connectivity index (χ4v) is 1.70. The van der Waals surface area contributed by atoms with Crippen LogP contribution in [0.3, 0.4) is 0 Å². The van der Waals surface area contributed by atoms with E-state index in [1.165, 1.54) is 7.11 Å². The van der Waals surface area contributed by atoms with Gasteiger partial charge in [0.05, 0.1) is 12.7 Å². The first-order chi connectivity index (χ1) is 9.79. The van der Waals surface area contributed by atoms with Crippen LogP contribution in [0.1, 0.15) is 0 Å². The standard InChI is InChI=1S/C13H10N4O3/c1-19-9-5-2-4-8(10(9)18)13-16-12(17-20-13)11-14-6-3-7-15-11/h2-7,18H,1H3. The van der Waals surface area contributed by atoms with Crippen molar-refractivity contribution in [3.05, 3.63) is 36.7 Å². The lowest BCUT2D eigenvalue weighted by Crippen LogP contribution is -1.89. The van der Waals surface area contributed by atoms with Crippen LogP contribution in [0, 0.1) is 0 Å². The maximum atomic E-state index is 10.0. The Morgan fingerprint density at radius 1 is 1.10 bits per heavy atom. The second kappa shape index (κ2) is 4.96. The van der Waals surface area contributed by atoms with Gasteiger partial charge in [-0.2, -0.15) is 4.98 Å². The highest BCUT2D eigenvalue weighted by molar-refractivity contribution is 5.67. The van der Waals surface area contributed by atoms with Gasteiger partial charge in [-0.15, -0.1) is 0 Å². The van der Waals surface area contributed by atoms with Crippen molar-refractivity contribution in [1.82, 2.24) is 20.1 Å². The molecule has 3 rings (SSSR count). The summed E-state index contributed by atoms with van der Waals surface area (Å²) < 4.78 is 10.2. The highest BCUT2D eigenvalue weighted by Crippen LogP contribution is 2.36. The molecule has 0 unspecified atom stereocenters. The van der Waals surface area contributed by atoms with E-state index in [0.717, 1.165) is 0 Å². The number of aromatic hydroxyl groups is 1. The Balaban J connectivity index is 2.03. The molecule has 0 atom stereocenters. The highest BCUT2D eigenvalue weighted by Gasteiger charge is 2.17. The van der Waals surface area contributed by atoms with Gasteiger partial charge >= 0.3 is 0 Å². The Bertz CT molecular complexity index is 727. The number of hydrogen-bond donors (Lipinski definition) is 1. The van der Waals surface area contributed by atoms with Crippen LogP contribution in [0.2, 0.25) is 0 Å². The quantitative estimate of drug-likeness (QED) is 0.776. The summed E-state index contributed by atoms with van der Waals surface area (Å²) in [6, 6.07) is 6.70. The molecule has 0 fully saturated rings. The van der Waals surface area contributed by atoms with E-state index in [4.69, 9.17) is 9.26 Å². The molecule has 2 aromatic heterocycles. The van der Waals surface area contributed by atoms with Crippen LogP contribution in [0.25, 0.3) is 23.1 Å². The zero-order chi connectivity index (χ0) is 13.9. The molecular weight excluding hydrogens is 260 g/mol. The largest absolute Gasteiger partial charge is 0.504 e. The van der Waals surface area contributed by atoms with Crippen molar-refractivity contribution in [3.63, 3.8) is 0 Å². The molecule has 7 heteroatoms. The Hall–Kier alpha value is -2.96. The van der Waals surface area contributed by atoms with Gasteiger partial charge in [0.2, 0.25) is 11.6 Å². The fraction of sp³-hybridized carbons (Fsp3) is 0.0769. The second-order valence-corrected chi connectivity index (χ2v) is 3.85. The number of nitrogens with zero attached hydrogens (tertiary/aromatic N) is 4. The summed E-state index contributed by atoms with van der Waals surface area (Å²) in [5.41, 5.74) is 0.388. The van der Waals surface area contributed by atoms with Crippen LogP contribution in [-0.4, -0.2) is 32.3 Å². The third-order valence-electron chi connectivity index (χ3n) is 2.64. The minimum atomic E-state index is -0.0563. The summed E-state index contributed by atoms with van der Waals surface area (Å²) in [4.78, 5) is 12.2. The van der Waals surface area contributed by atoms with Gasteiger partial charge in [-0.3, -0.25) is 0 Å². The molecule has 3 aromatic rings. The molecule has 0 aliphatic rings. The molecule has 0 aliphatic carbocycles. The normalized spacial score (nSPS) is 10.4. The van der Waals surface area contributed by atoms with E-state index in [0.29, 0.717) is 17.1 Å². The van der Waals surface area contributed by atoms with Gasteiger partial charge in [-0.25, -0.2) is 9.97 Å². The SMILES string of the molecule is COc1cccc(-c2nc(-c3ncccn3)no2)c1O. The third-order valence-corrected chi connectivity index (χ3v) is 2.64. The molecule has 0 radical (unpaired) electrons. The summed E-state index contributed by atoms with van der Waals surface area (Å²) in [5, 5.41) is 13.8. The topological polar surface area (TPSA) is 94.2 Å². The van der Waals surface area contributed by atoms with Crippen molar-refractivity contribution >= 4 is 0 Å². The van der Waals surface area contributed by atoms with Crippen molar-refractivity contribution in [1.29, 1.82) is 0 Å². The summed E-state index contributed by atoms with van der Waals surface area (Å²) in [5.74, 6) is 1.05. The number of methoxy groups -OCH3 is 1. The maximum absolute atomic E-state index is 10.0. The summed E-state index contributed by atoms with van der Waals surface area (Å²) in [6.45, 7) is 0. The van der Waals surface area contributed by atoms with E-state index in [-0.39, 0.29) is 17.5 Å². The molecule has 1 N–H and O–H groups in total. The van der Waals surface area contributed by atoms with Crippen LogP contribution < -0.4 is 4.74 Å². The van der Waals surface area contributed by atoms with Crippen LogP contribution in [0.15, 0.2) is 41.2 Å². The van der Waals surface area contributed by atoms with E-state index in [2.05, 4.69) is 20.1 Å². The zero-order valence-electron chi connectivity index (χ0n) is 10.5. The summed E-state index contributed by atoms with van der Waals surface area (Å²) in [6.07, 6.45) is 3.17. The van der Waals surface area contributed by atoms with Gasteiger partial charge in [0.15, 0.2) is 11.5 Å². The Kier molecular flexibility index (Phi) is 3.00. The van der Waals surface area contributed by atoms with Crippen LogP contribution >= 0.6 is 0 Å². The number of hydrogen-bond acceptors (Lipinski definition) is 7. The molecule has 0 aliphatic heterocycles. The number of phenols is 1. The molecule has 0 spiro atoms. The molecule has 100 valence electrons. The van der Waals surface area contributed by atoms with Gasteiger partial charge in [0, 0.05) is 12.4 Å². The summed E-state index contributed by atoms with van der Waals surface area (Å²) >= 11 is 0. The van der Waals surface area contributed by atoms with Crippen LogP contribution in [0.4, 0.5) is 0 Å². The maximum Gasteiger partial charge on any atom is 0.262 e. The predicted molar refractivity (Wildman–Crippen MR) is 69.0 cm³/mol. The number of benzene rings is 1. The lowest BCUT2D eigenvalue weighted by molar-refractivity contribution is 0.371. The van der Waals surface area contributed by atoms with Gasteiger partial charge < -0.3 is 14.4 Å². The second-order valence-electron chi connectivity index (χ2n) is 3.85. The first-order valence-corrected chi connectivity index (χ1v) is 5.77. The fourth-order valence-electron chi connectivity index (χ4n) is 1.70. The first kappa shape index (κ1) is 12.1. The smallest absolute Gasteiger partial charge is 0.262 e. The number of para-hydroxylation sites is 1. The van der Waals surface area contributed by atoms with E-state index in [1.807, 2.05) is 0 Å². The Labute approximate surface area is 113 Å². The average molecular weight is 270 g/mol. The van der Waals surface area contributed by atoms with Crippen molar-refractivity contribution in [2.45, 2.75) is 0 Å². The minimum absolute atomic E-state index is 0.0563. The lowest BCUT2D eigenvalue weighted by Gasteiger charge is -2.04. The van der Waals surface area contributed by atoms with E-state index < -0.39 is 0 Å². The Morgan fingerprint density at radius 3 is 2.65 bits per heavy atom. The average Bonchev–Trinajstić information content (AvgIpc) is 2.98. The van der Waals surface area contributed by atoms with E-state index in [9.17, 15) is 5.11 Å². The van der Waals surface area contributed by atoms with Crippen LogP contribution in [-0.2, 0) is 0 Å². The van der Waals surface area contributed by atoms with Crippen molar-refractivity contribution in [2.75, 3.05) is 7.11 Å². The molecule has 0 saturated heterocycles. The number of rotatable bonds is 3. The monoisotopic (exact) mass is 270 g/mol. The number of aromatic nitrogens is 4. The van der Waals surface area contributed by atoms with E-state index in [1.54, 1.807) is 36.7 Å². The number of ether oxygens (including phenoxy) is 1. The molecule has 2 heterocycles. The third kappa shape index (κ3) is 2.05. The molecule has 0 saturated carbocycles. The molecule has 0 bridgehead atoms. The van der Waals surface area contributed by atoms with Crippen molar-refractivity contribution in [3.8, 4) is 34.6 Å². The molecular formula is C13H10N4O3.